The highest BCUT2D eigenvalue weighted by Crippen LogP contribution is 2.31. The minimum atomic E-state index is 0.496. The number of rotatable bonds is 7. The van der Waals surface area contributed by atoms with E-state index in [0.29, 0.717) is 12.5 Å². The van der Waals surface area contributed by atoms with Crippen LogP contribution in [-0.2, 0) is 13.0 Å². The van der Waals surface area contributed by atoms with Crippen LogP contribution in [0.4, 0.5) is 5.95 Å². The molecule has 4 aromatic rings. The highest BCUT2D eigenvalue weighted by Gasteiger charge is 2.24. The smallest absolute Gasteiger partial charge is 0.225 e. The minimum Gasteiger partial charge on any atom is -0.487 e. The number of anilines is 1. The van der Waals surface area contributed by atoms with Gasteiger partial charge in [0.15, 0.2) is 0 Å². The Kier molecular flexibility index (Phi) is 6.16. The summed E-state index contributed by atoms with van der Waals surface area (Å²) in [5, 5.41) is 3.34. The summed E-state index contributed by atoms with van der Waals surface area (Å²) < 4.78 is 8.05. The van der Waals surface area contributed by atoms with Gasteiger partial charge in [0.2, 0.25) is 5.95 Å². The van der Waals surface area contributed by atoms with Crippen LogP contribution in [-0.4, -0.2) is 32.6 Å². The molecule has 1 saturated heterocycles. The van der Waals surface area contributed by atoms with E-state index in [1.54, 1.807) is 11.3 Å². The zero-order chi connectivity index (χ0) is 21.8. The van der Waals surface area contributed by atoms with Crippen LogP contribution in [0.3, 0.4) is 0 Å². The van der Waals surface area contributed by atoms with Crippen LogP contribution in [0.25, 0.3) is 5.69 Å². The van der Waals surface area contributed by atoms with E-state index < -0.39 is 0 Å². The lowest BCUT2D eigenvalue weighted by Gasteiger charge is -2.31. The van der Waals surface area contributed by atoms with Crippen molar-refractivity contribution in [3.8, 4) is 11.4 Å². The number of aromatic nitrogens is 4. The molecule has 0 radical (unpaired) electrons. The molecule has 32 heavy (non-hydrogen) atoms. The lowest BCUT2D eigenvalue weighted by Crippen LogP contribution is -2.34. The molecule has 6 nitrogen and oxygen atoms in total. The molecule has 0 amide bonds. The van der Waals surface area contributed by atoms with Crippen LogP contribution >= 0.6 is 11.3 Å². The molecule has 1 aliphatic rings. The molecule has 7 heteroatoms. The van der Waals surface area contributed by atoms with E-state index in [-0.39, 0.29) is 0 Å². The summed E-state index contributed by atoms with van der Waals surface area (Å²) in [6, 6.07) is 12.2. The van der Waals surface area contributed by atoms with E-state index in [2.05, 4.69) is 43.9 Å². The Morgan fingerprint density at radius 2 is 1.75 bits per heavy atom. The third-order valence-electron chi connectivity index (χ3n) is 5.92. The van der Waals surface area contributed by atoms with Gasteiger partial charge in [-0.25, -0.2) is 15.0 Å². The average molecular weight is 446 g/mol. The number of hydrogen-bond donors (Lipinski definition) is 0. The normalized spacial score (nSPS) is 14.6. The number of hydrogen-bond acceptors (Lipinski definition) is 6. The predicted molar refractivity (Wildman–Crippen MR) is 128 cm³/mol. The van der Waals surface area contributed by atoms with Gasteiger partial charge in [-0.05, 0) is 61.2 Å². The Morgan fingerprint density at radius 1 is 1.03 bits per heavy atom. The number of piperidine rings is 1. The fourth-order valence-corrected chi connectivity index (χ4v) is 4.95. The number of aryl methyl sites for hydroxylation is 1. The third-order valence-corrected chi connectivity index (χ3v) is 6.98. The first-order valence-corrected chi connectivity index (χ1v) is 12.0. The van der Waals surface area contributed by atoms with Crippen molar-refractivity contribution >= 4 is 17.3 Å². The molecule has 0 spiro atoms. The van der Waals surface area contributed by atoms with Crippen LogP contribution < -0.4 is 9.64 Å². The zero-order valence-electron chi connectivity index (χ0n) is 18.2. The first-order valence-electron chi connectivity index (χ1n) is 11.1. The van der Waals surface area contributed by atoms with E-state index in [1.165, 1.54) is 10.6 Å². The SMILES string of the molecule is CCc1cnc(N2CCC(c3nc(COc4ccc(-n5cccc5)cc4)cs3)CC2)nc1. The van der Waals surface area contributed by atoms with Crippen molar-refractivity contribution in [1.82, 2.24) is 19.5 Å². The maximum atomic E-state index is 5.97. The molecule has 0 N–H and O–H groups in total. The molecular formula is C25H27N5OS. The first-order chi connectivity index (χ1) is 15.8. The van der Waals surface area contributed by atoms with Gasteiger partial charge in [-0.2, -0.15) is 0 Å². The summed E-state index contributed by atoms with van der Waals surface area (Å²) in [4.78, 5) is 16.2. The first kappa shape index (κ1) is 20.7. The quantitative estimate of drug-likeness (QED) is 0.389. The standard InChI is InChI=1S/C25H27N5OS/c1-2-19-15-26-25(27-16-19)30-13-9-20(10-14-30)24-28-21(18-32-24)17-31-23-7-5-22(6-8-23)29-11-3-4-12-29/h3-8,11-12,15-16,18,20H,2,9-10,13-14,17H2,1H3. The van der Waals surface area contributed by atoms with Crippen LogP contribution in [0.2, 0.25) is 0 Å². The van der Waals surface area contributed by atoms with E-state index in [1.807, 2.05) is 49.1 Å². The minimum absolute atomic E-state index is 0.496. The highest BCUT2D eigenvalue weighted by atomic mass is 32.1. The second-order valence-electron chi connectivity index (χ2n) is 8.06. The van der Waals surface area contributed by atoms with Crippen molar-refractivity contribution in [1.29, 1.82) is 0 Å². The second kappa shape index (κ2) is 9.53. The number of thiazole rings is 1. The highest BCUT2D eigenvalue weighted by molar-refractivity contribution is 7.09. The van der Waals surface area contributed by atoms with Gasteiger partial charge < -0.3 is 14.2 Å². The molecule has 0 atom stereocenters. The molecule has 0 saturated carbocycles. The predicted octanol–water partition coefficient (Wildman–Crippen LogP) is 5.25. The Hall–Kier alpha value is -3.19. The van der Waals surface area contributed by atoms with Gasteiger partial charge in [0, 0.05) is 54.9 Å². The van der Waals surface area contributed by atoms with Crippen molar-refractivity contribution < 1.29 is 4.74 Å². The molecule has 0 bridgehead atoms. The molecule has 1 fully saturated rings. The van der Waals surface area contributed by atoms with E-state index in [4.69, 9.17) is 9.72 Å². The molecule has 0 unspecified atom stereocenters. The van der Waals surface area contributed by atoms with Crippen molar-refractivity contribution in [3.05, 3.63) is 82.8 Å². The van der Waals surface area contributed by atoms with E-state index >= 15 is 0 Å². The second-order valence-corrected chi connectivity index (χ2v) is 8.95. The number of ether oxygens (including phenoxy) is 1. The van der Waals surface area contributed by atoms with Crippen molar-refractivity contribution in [2.24, 2.45) is 0 Å². The molecule has 1 aromatic carbocycles. The van der Waals surface area contributed by atoms with Gasteiger partial charge in [-0.1, -0.05) is 6.92 Å². The summed E-state index contributed by atoms with van der Waals surface area (Å²) in [5.41, 5.74) is 3.30. The van der Waals surface area contributed by atoms with Gasteiger partial charge in [0.05, 0.1) is 10.7 Å². The lowest BCUT2D eigenvalue weighted by atomic mass is 9.98. The van der Waals surface area contributed by atoms with Gasteiger partial charge >= 0.3 is 0 Å². The largest absolute Gasteiger partial charge is 0.487 e. The molecule has 5 rings (SSSR count). The summed E-state index contributed by atoms with van der Waals surface area (Å²) in [6.07, 6.45) is 11.1. The summed E-state index contributed by atoms with van der Waals surface area (Å²) in [5.74, 6) is 2.20. The maximum Gasteiger partial charge on any atom is 0.225 e. The molecule has 164 valence electrons. The van der Waals surface area contributed by atoms with Gasteiger partial charge in [0.1, 0.15) is 12.4 Å². The van der Waals surface area contributed by atoms with Crippen LogP contribution in [0, 0.1) is 0 Å². The van der Waals surface area contributed by atoms with Crippen LogP contribution in [0.15, 0.2) is 66.6 Å². The molecule has 4 heterocycles. The maximum absolute atomic E-state index is 5.97. The van der Waals surface area contributed by atoms with E-state index in [0.717, 1.165) is 55.4 Å². The number of benzene rings is 1. The van der Waals surface area contributed by atoms with Crippen molar-refractivity contribution in [2.45, 2.75) is 38.7 Å². The number of nitrogens with zero attached hydrogens (tertiary/aromatic N) is 5. The fraction of sp³-hybridized carbons (Fsp3) is 0.320. The topological polar surface area (TPSA) is 56.1 Å². The van der Waals surface area contributed by atoms with E-state index in [9.17, 15) is 0 Å². The zero-order valence-corrected chi connectivity index (χ0v) is 19.0. The Bertz CT molecular complexity index is 1110. The molecular weight excluding hydrogens is 418 g/mol. The summed E-state index contributed by atoms with van der Waals surface area (Å²) >= 11 is 1.75. The Balaban J connectivity index is 1.13. The molecule has 0 aliphatic carbocycles. The van der Waals surface area contributed by atoms with Crippen molar-refractivity contribution in [3.63, 3.8) is 0 Å². The lowest BCUT2D eigenvalue weighted by molar-refractivity contribution is 0.301. The summed E-state index contributed by atoms with van der Waals surface area (Å²) in [6.45, 7) is 4.55. The average Bonchev–Trinajstić information content (AvgIpc) is 3.56. The molecule has 1 aliphatic heterocycles. The van der Waals surface area contributed by atoms with Crippen molar-refractivity contribution in [2.75, 3.05) is 18.0 Å². The third kappa shape index (κ3) is 4.67. The Labute approximate surface area is 192 Å². The van der Waals surface area contributed by atoms with Gasteiger partial charge in [-0.15, -0.1) is 11.3 Å². The van der Waals surface area contributed by atoms with Gasteiger partial charge in [0.25, 0.3) is 0 Å². The van der Waals surface area contributed by atoms with Crippen LogP contribution in [0.1, 0.15) is 41.9 Å². The van der Waals surface area contributed by atoms with Gasteiger partial charge in [-0.3, -0.25) is 0 Å². The summed E-state index contributed by atoms with van der Waals surface area (Å²) in [7, 11) is 0. The Morgan fingerprint density at radius 3 is 2.44 bits per heavy atom. The monoisotopic (exact) mass is 445 g/mol. The molecule has 3 aromatic heterocycles. The van der Waals surface area contributed by atoms with Crippen LogP contribution in [0.5, 0.6) is 5.75 Å². The fourth-order valence-electron chi connectivity index (χ4n) is 3.98.